The van der Waals surface area contributed by atoms with Crippen molar-refractivity contribution in [2.24, 2.45) is 0 Å². The highest BCUT2D eigenvalue weighted by molar-refractivity contribution is 5.90. The highest BCUT2D eigenvalue weighted by Crippen LogP contribution is 1.95. The molecule has 0 spiro atoms. The number of ether oxygens (including phenoxy) is 1. The molecule has 1 atom stereocenters. The second-order valence-corrected chi connectivity index (χ2v) is 2.53. The number of carboxylic acids is 2. The predicted octanol–water partition coefficient (Wildman–Crippen LogP) is -0.828. The summed E-state index contributed by atoms with van der Waals surface area (Å²) in [5, 5.41) is 25.2. The number of carbonyl (C=O) groups is 3. The molecule has 1 unspecified atom stereocenters. The van der Waals surface area contributed by atoms with Crippen LogP contribution in [0.15, 0.2) is 24.3 Å². The first-order valence-corrected chi connectivity index (χ1v) is 4.09. The largest absolute Gasteiger partial charge is 0.478 e. The van der Waals surface area contributed by atoms with Crippen molar-refractivity contribution in [3.8, 4) is 0 Å². The van der Waals surface area contributed by atoms with Crippen LogP contribution in [0.3, 0.4) is 0 Å². The molecule has 0 aromatic carbocycles. The lowest BCUT2D eigenvalue weighted by Gasteiger charge is -2.08. The molecule has 0 saturated carbocycles. The Morgan fingerprint density at radius 2 is 1.62 bits per heavy atom. The minimum atomic E-state index is -1.32. The third-order valence-corrected chi connectivity index (χ3v) is 1.26. The molecule has 16 heavy (non-hydrogen) atoms. The summed E-state index contributed by atoms with van der Waals surface area (Å²) in [5.41, 5.74) is 0. The fourth-order valence-electron chi connectivity index (χ4n) is 0.655. The van der Waals surface area contributed by atoms with Crippen molar-refractivity contribution in [2.45, 2.75) is 6.10 Å². The van der Waals surface area contributed by atoms with Crippen LogP contribution in [0.1, 0.15) is 0 Å². The number of carbonyl (C=O) groups excluding carboxylic acids is 1. The Bertz CT molecular complexity index is 329. The number of hydrogen-bond donors (Lipinski definition) is 3. The van der Waals surface area contributed by atoms with E-state index in [4.69, 9.17) is 15.3 Å². The third-order valence-electron chi connectivity index (χ3n) is 1.26. The van der Waals surface area contributed by atoms with E-state index in [9.17, 15) is 14.4 Å². The molecule has 0 aromatic heterocycles. The van der Waals surface area contributed by atoms with E-state index in [1.54, 1.807) is 0 Å². The van der Waals surface area contributed by atoms with Crippen LogP contribution in [0.5, 0.6) is 0 Å². The van der Waals surface area contributed by atoms with Crippen LogP contribution in [0, 0.1) is 0 Å². The molecular formula is C9H10O7. The van der Waals surface area contributed by atoms with Gasteiger partial charge in [0, 0.05) is 18.2 Å². The number of aliphatic carboxylic acids is 2. The zero-order valence-electron chi connectivity index (χ0n) is 8.07. The Labute approximate surface area is 90.3 Å². The summed E-state index contributed by atoms with van der Waals surface area (Å²) < 4.78 is 4.51. The molecule has 0 rings (SSSR count). The maximum absolute atomic E-state index is 10.9. The molecule has 7 heteroatoms. The first-order valence-electron chi connectivity index (χ1n) is 4.09. The normalized spacial score (nSPS) is 12.8. The molecule has 0 saturated heterocycles. The Hall–Kier alpha value is -2.15. The fourth-order valence-corrected chi connectivity index (χ4v) is 0.655. The molecule has 7 nitrogen and oxygen atoms in total. The predicted molar refractivity (Wildman–Crippen MR) is 50.5 cm³/mol. The fraction of sp³-hybridized carbons (Fsp3) is 0.222. The van der Waals surface area contributed by atoms with Crippen molar-refractivity contribution in [3.63, 3.8) is 0 Å². The SMILES string of the molecule is O=C(O)C=CC(CO)OC(=O)/C=C\C(=O)O. The van der Waals surface area contributed by atoms with Crippen LogP contribution in [0.25, 0.3) is 0 Å². The number of esters is 1. The smallest absolute Gasteiger partial charge is 0.331 e. The lowest BCUT2D eigenvalue weighted by atomic mass is 10.3. The van der Waals surface area contributed by atoms with Crippen molar-refractivity contribution in [1.29, 1.82) is 0 Å². The van der Waals surface area contributed by atoms with Gasteiger partial charge in [-0.25, -0.2) is 14.4 Å². The van der Waals surface area contributed by atoms with E-state index in [-0.39, 0.29) is 0 Å². The lowest BCUT2D eigenvalue weighted by Crippen LogP contribution is -2.19. The van der Waals surface area contributed by atoms with Crippen molar-refractivity contribution >= 4 is 17.9 Å². The van der Waals surface area contributed by atoms with Crippen molar-refractivity contribution in [1.82, 2.24) is 0 Å². The van der Waals surface area contributed by atoms with Crippen LogP contribution in [-0.2, 0) is 19.1 Å². The molecule has 0 aliphatic rings. The van der Waals surface area contributed by atoms with Gasteiger partial charge < -0.3 is 20.1 Å². The number of hydrogen-bond acceptors (Lipinski definition) is 5. The molecule has 0 fully saturated rings. The molecule has 0 aliphatic carbocycles. The van der Waals surface area contributed by atoms with Crippen molar-refractivity contribution in [2.75, 3.05) is 6.61 Å². The first-order chi connectivity index (χ1) is 7.45. The van der Waals surface area contributed by atoms with Gasteiger partial charge in [-0.1, -0.05) is 0 Å². The minimum Gasteiger partial charge on any atom is -0.478 e. The Morgan fingerprint density at radius 1 is 1.06 bits per heavy atom. The molecule has 0 aliphatic heterocycles. The molecule has 0 aromatic rings. The lowest BCUT2D eigenvalue weighted by molar-refractivity contribution is -0.143. The molecule has 3 N–H and O–H groups in total. The highest BCUT2D eigenvalue weighted by Gasteiger charge is 2.08. The summed E-state index contributed by atoms with van der Waals surface area (Å²) in [6.07, 6.45) is 1.77. The maximum atomic E-state index is 10.9. The zero-order chi connectivity index (χ0) is 12.6. The van der Waals surface area contributed by atoms with Gasteiger partial charge in [0.25, 0.3) is 0 Å². The summed E-state index contributed by atoms with van der Waals surface area (Å²) in [4.78, 5) is 31.1. The van der Waals surface area contributed by atoms with Gasteiger partial charge >= 0.3 is 17.9 Å². The van der Waals surface area contributed by atoms with Crippen molar-refractivity contribution in [3.05, 3.63) is 24.3 Å². The number of aliphatic hydroxyl groups is 1. The van der Waals surface area contributed by atoms with Gasteiger partial charge in [0.1, 0.15) is 6.10 Å². The van der Waals surface area contributed by atoms with Gasteiger partial charge in [-0.05, 0) is 6.08 Å². The molecule has 88 valence electrons. The Balaban J connectivity index is 4.27. The van der Waals surface area contributed by atoms with Crippen LogP contribution in [0.2, 0.25) is 0 Å². The summed E-state index contributed by atoms with van der Waals surface area (Å²) in [7, 11) is 0. The van der Waals surface area contributed by atoms with Gasteiger partial charge in [0.05, 0.1) is 6.61 Å². The van der Waals surface area contributed by atoms with E-state index in [0.29, 0.717) is 18.2 Å². The summed E-state index contributed by atoms with van der Waals surface area (Å²) in [6.45, 7) is -0.601. The van der Waals surface area contributed by atoms with Crippen LogP contribution in [-0.4, -0.2) is 45.9 Å². The van der Waals surface area contributed by atoms with Crippen LogP contribution >= 0.6 is 0 Å². The standard InChI is InChI=1S/C9H10O7/c10-5-6(1-2-7(11)12)16-9(15)4-3-8(13)14/h1-4,6,10H,5H2,(H,11,12)(H,13,14)/b2-1?,4-3-. The van der Waals surface area contributed by atoms with Gasteiger partial charge in [-0.15, -0.1) is 0 Å². The average Bonchev–Trinajstić information content (AvgIpc) is 2.20. The zero-order valence-corrected chi connectivity index (χ0v) is 8.07. The first kappa shape index (κ1) is 13.8. The summed E-state index contributed by atoms with van der Waals surface area (Å²) in [6, 6.07) is 0. The third kappa shape index (κ3) is 7.27. The minimum absolute atomic E-state index is 0.567. The van der Waals surface area contributed by atoms with E-state index < -0.39 is 30.6 Å². The maximum Gasteiger partial charge on any atom is 0.331 e. The van der Waals surface area contributed by atoms with E-state index in [2.05, 4.69) is 4.74 Å². The van der Waals surface area contributed by atoms with Gasteiger partial charge in [-0.3, -0.25) is 0 Å². The molecule has 0 bridgehead atoms. The number of carboxylic acid groups (broad SMARTS) is 2. The summed E-state index contributed by atoms with van der Waals surface area (Å²) >= 11 is 0. The molecular weight excluding hydrogens is 220 g/mol. The Morgan fingerprint density at radius 3 is 2.06 bits per heavy atom. The van der Waals surface area contributed by atoms with E-state index >= 15 is 0 Å². The average molecular weight is 230 g/mol. The van der Waals surface area contributed by atoms with Gasteiger partial charge in [-0.2, -0.15) is 0 Å². The summed E-state index contributed by atoms with van der Waals surface area (Å²) in [5.74, 6) is -3.56. The second-order valence-electron chi connectivity index (χ2n) is 2.53. The molecule has 0 amide bonds. The van der Waals surface area contributed by atoms with Crippen LogP contribution < -0.4 is 0 Å². The van der Waals surface area contributed by atoms with Gasteiger partial charge in [0.15, 0.2) is 0 Å². The van der Waals surface area contributed by atoms with Gasteiger partial charge in [0.2, 0.25) is 0 Å². The van der Waals surface area contributed by atoms with E-state index in [1.165, 1.54) is 0 Å². The highest BCUT2D eigenvalue weighted by atomic mass is 16.5. The molecule has 0 heterocycles. The topological polar surface area (TPSA) is 121 Å². The second kappa shape index (κ2) is 7.18. The Kier molecular flexibility index (Phi) is 6.22. The van der Waals surface area contributed by atoms with E-state index in [1.807, 2.05) is 0 Å². The molecule has 0 radical (unpaired) electrons. The monoisotopic (exact) mass is 230 g/mol. The van der Waals surface area contributed by atoms with Crippen molar-refractivity contribution < 1.29 is 34.4 Å². The number of rotatable bonds is 6. The van der Waals surface area contributed by atoms with Crippen LogP contribution in [0.4, 0.5) is 0 Å². The van der Waals surface area contributed by atoms with E-state index in [0.717, 1.165) is 6.08 Å². The number of aliphatic hydroxyl groups excluding tert-OH is 1. The quantitative estimate of drug-likeness (QED) is 0.402.